The van der Waals surface area contributed by atoms with Gasteiger partial charge < -0.3 is 20.1 Å². The zero-order chi connectivity index (χ0) is 20.1. The van der Waals surface area contributed by atoms with Crippen molar-refractivity contribution < 1.29 is 9.84 Å². The van der Waals surface area contributed by atoms with Crippen molar-refractivity contribution in [3.8, 4) is 5.75 Å². The van der Waals surface area contributed by atoms with Crippen molar-refractivity contribution in [3.05, 3.63) is 29.8 Å². The van der Waals surface area contributed by atoms with E-state index in [0.29, 0.717) is 12.0 Å². The Kier molecular flexibility index (Phi) is 6.88. The molecule has 1 aliphatic heterocycles. The normalized spacial score (nSPS) is 21.3. The molecule has 1 aromatic carbocycles. The van der Waals surface area contributed by atoms with Crippen LogP contribution in [0.4, 0.5) is 5.82 Å². The van der Waals surface area contributed by atoms with Gasteiger partial charge in [-0.05, 0) is 49.8 Å². The Morgan fingerprint density at radius 1 is 1.10 bits per heavy atom. The van der Waals surface area contributed by atoms with Gasteiger partial charge in [0.2, 0.25) is 0 Å². The van der Waals surface area contributed by atoms with Crippen molar-refractivity contribution in [2.45, 2.75) is 64.0 Å². The number of fused-ring (bicyclic) bond motifs is 1. The monoisotopic (exact) mass is 397 g/mol. The minimum Gasteiger partial charge on any atom is -0.497 e. The van der Waals surface area contributed by atoms with E-state index in [9.17, 15) is 5.11 Å². The lowest BCUT2D eigenvalue weighted by Gasteiger charge is -2.34. The molecule has 5 heteroatoms. The van der Waals surface area contributed by atoms with E-state index in [1.165, 1.54) is 44.1 Å². The van der Waals surface area contributed by atoms with Crippen molar-refractivity contribution >= 4 is 16.7 Å². The van der Waals surface area contributed by atoms with Gasteiger partial charge in [0.25, 0.3) is 0 Å². The topological polar surface area (TPSA) is 57.6 Å². The van der Waals surface area contributed by atoms with Gasteiger partial charge >= 0.3 is 0 Å². The number of anilines is 1. The van der Waals surface area contributed by atoms with Crippen LogP contribution in [0.3, 0.4) is 0 Å². The number of aromatic nitrogens is 1. The third-order valence-electron chi connectivity index (χ3n) is 6.59. The van der Waals surface area contributed by atoms with Crippen molar-refractivity contribution in [3.63, 3.8) is 0 Å². The summed E-state index contributed by atoms with van der Waals surface area (Å²) < 4.78 is 5.41. The Balaban J connectivity index is 1.62. The number of aliphatic hydroxyl groups excluding tert-OH is 1. The maximum absolute atomic E-state index is 9.69. The quantitative estimate of drug-likeness (QED) is 0.713. The van der Waals surface area contributed by atoms with E-state index in [1.807, 2.05) is 12.1 Å². The first-order valence-corrected chi connectivity index (χ1v) is 11.3. The van der Waals surface area contributed by atoms with Gasteiger partial charge in [0.1, 0.15) is 11.6 Å². The molecule has 1 aliphatic carbocycles. The second-order valence-corrected chi connectivity index (χ2v) is 8.74. The Morgan fingerprint density at radius 2 is 1.93 bits per heavy atom. The number of rotatable bonds is 6. The van der Waals surface area contributed by atoms with Crippen LogP contribution in [-0.4, -0.2) is 42.9 Å². The molecule has 2 heterocycles. The number of methoxy groups -OCH3 is 1. The summed E-state index contributed by atoms with van der Waals surface area (Å²) in [5, 5.41) is 14.7. The van der Waals surface area contributed by atoms with Gasteiger partial charge in [0, 0.05) is 49.3 Å². The largest absolute Gasteiger partial charge is 0.497 e. The molecule has 2 aromatic rings. The smallest absolute Gasteiger partial charge is 0.133 e. The lowest BCUT2D eigenvalue weighted by molar-refractivity contribution is 0.208. The Labute approximate surface area is 174 Å². The molecule has 1 atom stereocenters. The number of nitrogens with zero attached hydrogens (tertiary/aromatic N) is 2. The molecule has 1 saturated carbocycles. The van der Waals surface area contributed by atoms with Gasteiger partial charge in [-0.25, -0.2) is 4.98 Å². The predicted octanol–water partition coefficient (Wildman–Crippen LogP) is 4.26. The second-order valence-electron chi connectivity index (χ2n) is 8.74. The summed E-state index contributed by atoms with van der Waals surface area (Å²) in [6, 6.07) is 9.04. The van der Waals surface area contributed by atoms with Crippen molar-refractivity contribution in [1.29, 1.82) is 0 Å². The summed E-state index contributed by atoms with van der Waals surface area (Å²) in [7, 11) is 1.70. The van der Waals surface area contributed by atoms with Crippen molar-refractivity contribution in [2.75, 3.05) is 31.7 Å². The highest BCUT2D eigenvalue weighted by Gasteiger charge is 2.23. The molecule has 0 amide bonds. The minimum atomic E-state index is 0.258. The SMILES string of the molecule is COc1ccc2cc(CNC3CCCCCC3)c(N3CCC[C@@H](CO)C3)nc2c1. The Hall–Kier alpha value is -1.85. The van der Waals surface area contributed by atoms with Gasteiger partial charge in [0.05, 0.1) is 12.6 Å². The fraction of sp³-hybridized carbons (Fsp3) is 0.625. The molecule has 2 fully saturated rings. The van der Waals surface area contributed by atoms with Crippen molar-refractivity contribution in [2.24, 2.45) is 5.92 Å². The van der Waals surface area contributed by atoms with E-state index in [1.54, 1.807) is 7.11 Å². The molecule has 5 nitrogen and oxygen atoms in total. The number of pyridine rings is 1. The summed E-state index contributed by atoms with van der Waals surface area (Å²) in [6.45, 7) is 3.01. The van der Waals surface area contributed by atoms with Crippen LogP contribution in [0.15, 0.2) is 24.3 Å². The Morgan fingerprint density at radius 3 is 2.69 bits per heavy atom. The third-order valence-corrected chi connectivity index (χ3v) is 6.59. The Bertz CT molecular complexity index is 802. The summed E-state index contributed by atoms with van der Waals surface area (Å²) in [5.41, 5.74) is 2.24. The molecule has 1 aromatic heterocycles. The molecule has 4 rings (SSSR count). The van der Waals surface area contributed by atoms with Gasteiger partial charge in [0.15, 0.2) is 0 Å². The standard InChI is InChI=1S/C24H35N3O2/c1-29-22-11-10-19-13-20(15-25-21-8-4-2-3-5-9-21)24(26-23(19)14-22)27-12-6-7-18(16-27)17-28/h10-11,13-14,18,21,25,28H,2-9,12,15-17H2,1H3/t18-/m1/s1. The van der Waals surface area contributed by atoms with Crippen LogP contribution < -0.4 is 15.0 Å². The predicted molar refractivity (Wildman–Crippen MR) is 119 cm³/mol. The van der Waals surface area contributed by atoms with Crippen molar-refractivity contribution in [1.82, 2.24) is 10.3 Å². The first-order valence-electron chi connectivity index (χ1n) is 11.3. The van der Waals surface area contributed by atoms with Crippen LogP contribution in [0.2, 0.25) is 0 Å². The zero-order valence-electron chi connectivity index (χ0n) is 17.7. The van der Waals surface area contributed by atoms with Gasteiger partial charge in [-0.15, -0.1) is 0 Å². The second kappa shape index (κ2) is 9.77. The number of aliphatic hydroxyl groups is 1. The van der Waals surface area contributed by atoms with Crippen LogP contribution in [-0.2, 0) is 6.54 Å². The molecular weight excluding hydrogens is 362 g/mol. The summed E-state index contributed by atoms with van der Waals surface area (Å²) in [6.07, 6.45) is 10.2. The minimum absolute atomic E-state index is 0.258. The lowest BCUT2D eigenvalue weighted by Crippen LogP contribution is -2.38. The van der Waals surface area contributed by atoms with Crippen LogP contribution >= 0.6 is 0 Å². The maximum atomic E-state index is 9.69. The first kappa shape index (κ1) is 20.4. The third kappa shape index (κ3) is 5.01. The van der Waals surface area contributed by atoms with E-state index in [-0.39, 0.29) is 6.61 Å². The molecule has 29 heavy (non-hydrogen) atoms. The highest BCUT2D eigenvalue weighted by atomic mass is 16.5. The summed E-state index contributed by atoms with van der Waals surface area (Å²) in [4.78, 5) is 7.47. The fourth-order valence-corrected chi connectivity index (χ4v) is 4.86. The van der Waals surface area contributed by atoms with Gasteiger partial charge in [-0.1, -0.05) is 25.7 Å². The number of hydrogen-bond acceptors (Lipinski definition) is 5. The zero-order valence-corrected chi connectivity index (χ0v) is 17.7. The molecule has 0 unspecified atom stereocenters. The van der Waals surface area contributed by atoms with E-state index in [2.05, 4.69) is 22.3 Å². The highest BCUT2D eigenvalue weighted by molar-refractivity contribution is 5.83. The lowest BCUT2D eigenvalue weighted by atomic mass is 9.98. The molecule has 0 radical (unpaired) electrons. The number of benzene rings is 1. The maximum Gasteiger partial charge on any atom is 0.133 e. The van der Waals surface area contributed by atoms with Crippen LogP contribution in [0.5, 0.6) is 5.75 Å². The number of hydrogen-bond donors (Lipinski definition) is 2. The molecule has 2 aliphatic rings. The molecule has 1 saturated heterocycles. The molecule has 0 spiro atoms. The number of piperidine rings is 1. The summed E-state index contributed by atoms with van der Waals surface area (Å²) >= 11 is 0. The van der Waals surface area contributed by atoms with Crippen LogP contribution in [0.1, 0.15) is 56.9 Å². The number of ether oxygens (including phenoxy) is 1. The molecule has 0 bridgehead atoms. The van der Waals surface area contributed by atoms with Gasteiger partial charge in [-0.3, -0.25) is 0 Å². The van der Waals surface area contributed by atoms with Crippen LogP contribution in [0.25, 0.3) is 10.9 Å². The molecule has 158 valence electrons. The fourth-order valence-electron chi connectivity index (χ4n) is 4.86. The average molecular weight is 398 g/mol. The van der Waals surface area contributed by atoms with E-state index in [0.717, 1.165) is 54.9 Å². The average Bonchev–Trinajstić information content (AvgIpc) is 3.05. The van der Waals surface area contributed by atoms with Crippen LogP contribution in [0, 0.1) is 5.92 Å². The molecule has 2 N–H and O–H groups in total. The summed E-state index contributed by atoms with van der Waals surface area (Å²) in [5.74, 6) is 2.26. The highest BCUT2D eigenvalue weighted by Crippen LogP contribution is 2.30. The molecular formula is C24H35N3O2. The van der Waals surface area contributed by atoms with E-state index < -0.39 is 0 Å². The van der Waals surface area contributed by atoms with E-state index in [4.69, 9.17) is 9.72 Å². The first-order chi connectivity index (χ1) is 14.3. The number of nitrogens with one attached hydrogen (secondary N) is 1. The van der Waals surface area contributed by atoms with Gasteiger partial charge in [-0.2, -0.15) is 0 Å². The van der Waals surface area contributed by atoms with E-state index >= 15 is 0 Å².